The van der Waals surface area contributed by atoms with Crippen molar-refractivity contribution in [3.63, 3.8) is 0 Å². The van der Waals surface area contributed by atoms with Crippen LogP contribution < -0.4 is 10.6 Å². The Balaban J connectivity index is 1.79. The molecule has 1 fully saturated rings. The standard InChI is InChI=1S/C19H27N3O4/c1-3-17(23)21-16-7-5-6-15(12-16)20-13-18(24)22-10-8-14(9-11-22)19(25)26-4-2/h5-7,12,14,20H,3-4,8-11,13H2,1-2H3,(H,21,23). The molecular weight excluding hydrogens is 334 g/mol. The number of amides is 2. The van der Waals surface area contributed by atoms with Crippen LogP contribution in [0.25, 0.3) is 0 Å². The number of hydrogen-bond donors (Lipinski definition) is 2. The first-order chi connectivity index (χ1) is 12.5. The normalized spacial score (nSPS) is 14.6. The third-order valence-corrected chi connectivity index (χ3v) is 4.38. The van der Waals surface area contributed by atoms with Crippen LogP contribution in [0, 0.1) is 5.92 Å². The van der Waals surface area contributed by atoms with Crippen LogP contribution in [-0.2, 0) is 19.1 Å². The van der Waals surface area contributed by atoms with Crippen LogP contribution in [0.5, 0.6) is 0 Å². The molecule has 0 radical (unpaired) electrons. The van der Waals surface area contributed by atoms with Crippen LogP contribution in [0.1, 0.15) is 33.1 Å². The minimum absolute atomic E-state index is 0.00435. The average Bonchev–Trinajstić information content (AvgIpc) is 2.66. The Bertz CT molecular complexity index is 639. The molecule has 142 valence electrons. The minimum atomic E-state index is -0.163. The Morgan fingerprint density at radius 2 is 1.85 bits per heavy atom. The molecule has 0 aromatic heterocycles. The number of hydrogen-bond acceptors (Lipinski definition) is 5. The van der Waals surface area contributed by atoms with Crippen molar-refractivity contribution in [2.24, 2.45) is 5.92 Å². The van der Waals surface area contributed by atoms with Crippen molar-refractivity contribution in [2.75, 3.05) is 36.9 Å². The minimum Gasteiger partial charge on any atom is -0.466 e. The Morgan fingerprint density at radius 3 is 2.50 bits per heavy atom. The lowest BCUT2D eigenvalue weighted by atomic mass is 9.97. The van der Waals surface area contributed by atoms with Gasteiger partial charge in [-0.3, -0.25) is 14.4 Å². The second-order valence-corrected chi connectivity index (χ2v) is 6.24. The maximum absolute atomic E-state index is 12.4. The van der Waals surface area contributed by atoms with Crippen molar-refractivity contribution < 1.29 is 19.1 Å². The average molecular weight is 361 g/mol. The van der Waals surface area contributed by atoms with E-state index in [2.05, 4.69) is 10.6 Å². The van der Waals surface area contributed by atoms with Crippen LogP contribution in [0.4, 0.5) is 11.4 Å². The molecule has 1 aliphatic heterocycles. The van der Waals surface area contributed by atoms with Crippen molar-refractivity contribution >= 4 is 29.2 Å². The molecule has 0 bridgehead atoms. The third kappa shape index (κ3) is 5.75. The molecule has 1 aromatic carbocycles. The lowest BCUT2D eigenvalue weighted by Gasteiger charge is -2.31. The fourth-order valence-corrected chi connectivity index (χ4v) is 2.87. The van der Waals surface area contributed by atoms with Crippen LogP contribution in [0.15, 0.2) is 24.3 Å². The number of anilines is 2. The van der Waals surface area contributed by atoms with Gasteiger partial charge in [0.2, 0.25) is 11.8 Å². The quantitative estimate of drug-likeness (QED) is 0.727. The molecule has 0 aliphatic carbocycles. The number of benzene rings is 1. The maximum Gasteiger partial charge on any atom is 0.309 e. The number of nitrogens with one attached hydrogen (secondary N) is 2. The molecule has 0 saturated carbocycles. The van der Waals surface area contributed by atoms with Gasteiger partial charge in [0.1, 0.15) is 0 Å². The van der Waals surface area contributed by atoms with E-state index >= 15 is 0 Å². The summed E-state index contributed by atoms with van der Waals surface area (Å²) >= 11 is 0. The van der Waals surface area contributed by atoms with Gasteiger partial charge in [-0.25, -0.2) is 0 Å². The van der Waals surface area contributed by atoms with Gasteiger partial charge >= 0.3 is 5.97 Å². The first kappa shape index (κ1) is 19.8. The summed E-state index contributed by atoms with van der Waals surface area (Å²) in [5.41, 5.74) is 1.47. The van der Waals surface area contributed by atoms with Crippen LogP contribution in [-0.4, -0.2) is 48.9 Å². The van der Waals surface area contributed by atoms with Gasteiger partial charge in [0.15, 0.2) is 0 Å². The molecular formula is C19H27N3O4. The number of esters is 1. The number of carbonyl (C=O) groups excluding carboxylic acids is 3. The Labute approximate surface area is 154 Å². The zero-order chi connectivity index (χ0) is 18.9. The topological polar surface area (TPSA) is 87.7 Å². The molecule has 0 atom stereocenters. The Morgan fingerprint density at radius 1 is 1.15 bits per heavy atom. The van der Waals surface area contributed by atoms with E-state index in [1.54, 1.807) is 30.9 Å². The second-order valence-electron chi connectivity index (χ2n) is 6.24. The fourth-order valence-electron chi connectivity index (χ4n) is 2.87. The van der Waals surface area contributed by atoms with Crippen LogP contribution >= 0.6 is 0 Å². The molecule has 7 nitrogen and oxygen atoms in total. The fraction of sp³-hybridized carbons (Fsp3) is 0.526. The zero-order valence-electron chi connectivity index (χ0n) is 15.4. The second kappa shape index (κ2) is 9.79. The highest BCUT2D eigenvalue weighted by atomic mass is 16.5. The highest BCUT2D eigenvalue weighted by Crippen LogP contribution is 2.19. The molecule has 1 aliphatic rings. The molecule has 2 N–H and O–H groups in total. The van der Waals surface area contributed by atoms with Crippen molar-refractivity contribution in [3.05, 3.63) is 24.3 Å². The number of nitrogens with zero attached hydrogens (tertiary/aromatic N) is 1. The monoisotopic (exact) mass is 361 g/mol. The highest BCUT2D eigenvalue weighted by Gasteiger charge is 2.27. The SMILES string of the molecule is CCOC(=O)C1CCN(C(=O)CNc2cccc(NC(=O)CC)c2)CC1. The van der Waals surface area contributed by atoms with Gasteiger partial charge < -0.3 is 20.3 Å². The van der Waals surface area contributed by atoms with Gasteiger partial charge in [-0.2, -0.15) is 0 Å². The lowest BCUT2D eigenvalue weighted by Crippen LogP contribution is -2.43. The van der Waals surface area contributed by atoms with Crippen molar-refractivity contribution in [3.8, 4) is 0 Å². The maximum atomic E-state index is 12.4. The number of piperidine rings is 1. The van der Waals surface area contributed by atoms with Gasteiger partial charge in [-0.1, -0.05) is 13.0 Å². The van der Waals surface area contributed by atoms with E-state index in [9.17, 15) is 14.4 Å². The molecule has 1 aromatic rings. The molecule has 2 rings (SSSR count). The molecule has 26 heavy (non-hydrogen) atoms. The summed E-state index contributed by atoms with van der Waals surface area (Å²) in [5, 5.41) is 5.88. The number of carbonyl (C=O) groups is 3. The van der Waals surface area contributed by atoms with Crippen molar-refractivity contribution in [1.29, 1.82) is 0 Å². The first-order valence-corrected chi connectivity index (χ1v) is 9.11. The van der Waals surface area contributed by atoms with Crippen LogP contribution in [0.3, 0.4) is 0 Å². The Hall–Kier alpha value is -2.57. The van der Waals surface area contributed by atoms with Gasteiger partial charge in [0, 0.05) is 30.9 Å². The summed E-state index contributed by atoms with van der Waals surface area (Å²) in [6.07, 6.45) is 1.70. The van der Waals surface area contributed by atoms with E-state index in [1.165, 1.54) is 0 Å². The molecule has 1 heterocycles. The summed E-state index contributed by atoms with van der Waals surface area (Å²) in [4.78, 5) is 37.3. The Kier molecular flexibility index (Phi) is 7.44. The van der Waals surface area contributed by atoms with E-state index in [0.29, 0.717) is 44.6 Å². The highest BCUT2D eigenvalue weighted by molar-refractivity contribution is 5.91. The lowest BCUT2D eigenvalue weighted by molar-refractivity contribution is -0.151. The van der Waals surface area contributed by atoms with E-state index in [-0.39, 0.29) is 30.2 Å². The van der Waals surface area contributed by atoms with E-state index in [0.717, 1.165) is 5.69 Å². The van der Waals surface area contributed by atoms with Gasteiger partial charge in [-0.15, -0.1) is 0 Å². The van der Waals surface area contributed by atoms with E-state index in [4.69, 9.17) is 4.74 Å². The molecule has 0 unspecified atom stereocenters. The smallest absolute Gasteiger partial charge is 0.309 e. The summed E-state index contributed by atoms with van der Waals surface area (Å²) < 4.78 is 5.04. The van der Waals surface area contributed by atoms with Gasteiger partial charge in [0.25, 0.3) is 0 Å². The molecule has 0 spiro atoms. The van der Waals surface area contributed by atoms with E-state index < -0.39 is 0 Å². The largest absolute Gasteiger partial charge is 0.466 e. The van der Waals surface area contributed by atoms with Gasteiger partial charge in [0.05, 0.1) is 19.1 Å². The first-order valence-electron chi connectivity index (χ1n) is 9.11. The summed E-state index contributed by atoms with van der Waals surface area (Å²) in [6, 6.07) is 7.28. The molecule has 2 amide bonds. The van der Waals surface area contributed by atoms with Crippen molar-refractivity contribution in [1.82, 2.24) is 4.90 Å². The summed E-state index contributed by atoms with van der Waals surface area (Å²) in [6.45, 7) is 5.29. The van der Waals surface area contributed by atoms with Crippen LogP contribution in [0.2, 0.25) is 0 Å². The zero-order valence-corrected chi connectivity index (χ0v) is 15.4. The van der Waals surface area contributed by atoms with E-state index in [1.807, 2.05) is 12.1 Å². The summed E-state index contributed by atoms with van der Waals surface area (Å²) in [5.74, 6) is -0.326. The number of likely N-dealkylation sites (tertiary alicyclic amines) is 1. The third-order valence-electron chi connectivity index (χ3n) is 4.38. The predicted octanol–water partition coefficient (Wildman–Crippen LogP) is 2.25. The predicted molar refractivity (Wildman–Crippen MR) is 99.8 cm³/mol. The van der Waals surface area contributed by atoms with Crippen molar-refractivity contribution in [2.45, 2.75) is 33.1 Å². The van der Waals surface area contributed by atoms with Gasteiger partial charge in [-0.05, 0) is 38.0 Å². The molecule has 1 saturated heterocycles. The summed E-state index contributed by atoms with van der Waals surface area (Å²) in [7, 11) is 0. The number of rotatable bonds is 7. The molecule has 7 heteroatoms. The number of ether oxygens (including phenoxy) is 1.